The van der Waals surface area contributed by atoms with Gasteiger partial charge in [-0.05, 0) is 41.9 Å². The maximum Gasteiger partial charge on any atom is 0.301 e. The van der Waals surface area contributed by atoms with Gasteiger partial charge in [-0.3, -0.25) is 0 Å². The van der Waals surface area contributed by atoms with Gasteiger partial charge in [-0.1, -0.05) is 23.7 Å². The lowest BCUT2D eigenvalue weighted by Crippen LogP contribution is -2.36. The summed E-state index contributed by atoms with van der Waals surface area (Å²) in [4.78, 5) is 8.00. The quantitative estimate of drug-likeness (QED) is 0.454. The number of aromatic nitrogens is 2. The van der Waals surface area contributed by atoms with Gasteiger partial charge in [-0.2, -0.15) is 0 Å². The van der Waals surface area contributed by atoms with Gasteiger partial charge in [0.05, 0.1) is 0 Å². The SMILES string of the molecule is Cc1nc(N2CCCCC2)c2sc(-c3ccc(Cl)cc3)cc2[n+]1[O-].Cl. The molecule has 0 N–H and O–H groups in total. The van der Waals surface area contributed by atoms with Crippen molar-refractivity contribution >= 4 is 51.4 Å². The topological polar surface area (TPSA) is 43.1 Å². The van der Waals surface area contributed by atoms with Crippen LogP contribution in [-0.4, -0.2) is 18.1 Å². The van der Waals surface area contributed by atoms with Crippen molar-refractivity contribution in [3.05, 3.63) is 46.4 Å². The van der Waals surface area contributed by atoms with Gasteiger partial charge in [0.2, 0.25) is 0 Å². The summed E-state index contributed by atoms with van der Waals surface area (Å²) >= 11 is 7.61. The molecular formula is C18H19Cl2N3OS. The van der Waals surface area contributed by atoms with E-state index in [1.54, 1.807) is 18.3 Å². The zero-order chi connectivity index (χ0) is 16.7. The summed E-state index contributed by atoms with van der Waals surface area (Å²) in [6.07, 6.45) is 3.64. The van der Waals surface area contributed by atoms with Crippen molar-refractivity contribution in [3.8, 4) is 10.4 Å². The predicted molar refractivity (Wildman–Crippen MR) is 107 cm³/mol. The third-order valence-electron chi connectivity index (χ3n) is 4.48. The first kappa shape index (κ1) is 18.2. The summed E-state index contributed by atoms with van der Waals surface area (Å²) < 4.78 is 1.92. The number of piperidine rings is 1. The van der Waals surface area contributed by atoms with Gasteiger partial charge in [-0.15, -0.1) is 23.7 Å². The number of hydrogen-bond acceptors (Lipinski definition) is 4. The van der Waals surface area contributed by atoms with Gasteiger partial charge in [-0.25, -0.2) is 4.73 Å². The second kappa shape index (κ2) is 7.36. The number of halogens is 2. The number of aryl methyl sites for hydroxylation is 1. The molecule has 1 aliphatic rings. The smallest absolute Gasteiger partial charge is 0.301 e. The van der Waals surface area contributed by atoms with Crippen LogP contribution in [0.4, 0.5) is 5.82 Å². The zero-order valence-corrected chi connectivity index (χ0v) is 16.3. The minimum absolute atomic E-state index is 0. The zero-order valence-electron chi connectivity index (χ0n) is 13.9. The molecule has 1 fully saturated rings. The lowest BCUT2D eigenvalue weighted by atomic mass is 10.1. The molecule has 7 heteroatoms. The molecule has 0 aliphatic carbocycles. The molecule has 4 rings (SSSR count). The van der Waals surface area contributed by atoms with Crippen LogP contribution in [0.15, 0.2) is 30.3 Å². The number of fused-ring (bicyclic) bond motifs is 1. The molecule has 0 amide bonds. The molecule has 0 unspecified atom stereocenters. The van der Waals surface area contributed by atoms with Crippen molar-refractivity contribution < 1.29 is 4.73 Å². The van der Waals surface area contributed by atoms with E-state index in [0.29, 0.717) is 16.4 Å². The molecule has 0 bridgehead atoms. The van der Waals surface area contributed by atoms with Crippen LogP contribution in [0.5, 0.6) is 0 Å². The van der Waals surface area contributed by atoms with E-state index in [0.717, 1.165) is 38.8 Å². The highest BCUT2D eigenvalue weighted by Crippen LogP contribution is 2.37. The molecule has 25 heavy (non-hydrogen) atoms. The number of anilines is 1. The first-order chi connectivity index (χ1) is 11.6. The molecule has 2 aromatic heterocycles. The van der Waals surface area contributed by atoms with Crippen LogP contribution in [0, 0.1) is 12.1 Å². The average Bonchev–Trinajstić information content (AvgIpc) is 3.05. The van der Waals surface area contributed by atoms with E-state index in [2.05, 4.69) is 9.88 Å². The van der Waals surface area contributed by atoms with Crippen LogP contribution in [0.1, 0.15) is 25.1 Å². The summed E-state index contributed by atoms with van der Waals surface area (Å²) in [5.74, 6) is 1.46. The van der Waals surface area contributed by atoms with Crippen LogP contribution < -0.4 is 9.63 Å². The summed E-state index contributed by atoms with van der Waals surface area (Å²) in [6, 6.07) is 9.70. The van der Waals surface area contributed by atoms with Crippen molar-refractivity contribution in [2.75, 3.05) is 18.0 Å². The van der Waals surface area contributed by atoms with E-state index in [4.69, 9.17) is 11.6 Å². The lowest BCUT2D eigenvalue weighted by molar-refractivity contribution is -0.587. The van der Waals surface area contributed by atoms with Gasteiger partial charge in [0.25, 0.3) is 5.82 Å². The largest absolute Gasteiger partial charge is 0.710 e. The molecule has 4 nitrogen and oxygen atoms in total. The Balaban J connectivity index is 0.00000182. The second-order valence-corrected chi connectivity index (χ2v) is 7.65. The van der Waals surface area contributed by atoms with E-state index < -0.39 is 0 Å². The normalized spacial score (nSPS) is 14.6. The standard InChI is InChI=1S/C18H18ClN3OS.ClH/c1-12-20-18(21-9-3-2-4-10-21)17-15(22(12)23)11-16(24-17)13-5-7-14(19)8-6-13;/h5-8,11H,2-4,9-10H2,1H3;1H. The van der Waals surface area contributed by atoms with Crippen molar-refractivity contribution in [1.29, 1.82) is 0 Å². The van der Waals surface area contributed by atoms with Crippen molar-refractivity contribution in [1.82, 2.24) is 4.98 Å². The highest BCUT2D eigenvalue weighted by atomic mass is 35.5. The monoisotopic (exact) mass is 395 g/mol. The number of rotatable bonds is 2. The van der Waals surface area contributed by atoms with E-state index in [9.17, 15) is 5.21 Å². The second-order valence-electron chi connectivity index (χ2n) is 6.16. The van der Waals surface area contributed by atoms with E-state index in [1.165, 1.54) is 19.3 Å². The first-order valence-electron chi connectivity index (χ1n) is 8.18. The maximum atomic E-state index is 12.5. The summed E-state index contributed by atoms with van der Waals surface area (Å²) in [5, 5.41) is 13.2. The predicted octanol–water partition coefficient (Wildman–Crippen LogP) is 4.97. The summed E-state index contributed by atoms with van der Waals surface area (Å²) in [6.45, 7) is 3.80. The van der Waals surface area contributed by atoms with Crippen molar-refractivity contribution in [3.63, 3.8) is 0 Å². The maximum absolute atomic E-state index is 12.5. The van der Waals surface area contributed by atoms with Crippen LogP contribution >= 0.6 is 35.3 Å². The molecule has 1 aliphatic heterocycles. The van der Waals surface area contributed by atoms with E-state index in [-0.39, 0.29) is 12.4 Å². The van der Waals surface area contributed by atoms with Crippen molar-refractivity contribution in [2.45, 2.75) is 26.2 Å². The Morgan fingerprint density at radius 2 is 1.84 bits per heavy atom. The highest BCUT2D eigenvalue weighted by Gasteiger charge is 2.25. The molecule has 1 aromatic carbocycles. The fourth-order valence-electron chi connectivity index (χ4n) is 3.19. The fourth-order valence-corrected chi connectivity index (χ4v) is 4.48. The molecule has 3 heterocycles. The van der Waals surface area contributed by atoms with E-state index >= 15 is 0 Å². The number of benzene rings is 1. The van der Waals surface area contributed by atoms with Gasteiger partial charge in [0.15, 0.2) is 5.52 Å². The number of nitrogens with zero attached hydrogens (tertiary/aromatic N) is 3. The Kier molecular flexibility index (Phi) is 5.37. The summed E-state index contributed by atoms with van der Waals surface area (Å²) in [7, 11) is 0. The molecule has 132 valence electrons. The van der Waals surface area contributed by atoms with Crippen molar-refractivity contribution in [2.24, 2.45) is 0 Å². The number of thiophene rings is 1. The number of hydrogen-bond donors (Lipinski definition) is 0. The molecule has 0 radical (unpaired) electrons. The molecule has 3 aromatic rings. The van der Waals surface area contributed by atoms with Crippen LogP contribution in [-0.2, 0) is 0 Å². The minimum Gasteiger partial charge on any atom is -0.710 e. The Morgan fingerprint density at radius 1 is 1.16 bits per heavy atom. The van der Waals surface area contributed by atoms with Gasteiger partial charge >= 0.3 is 5.82 Å². The fraction of sp³-hybridized carbons (Fsp3) is 0.333. The lowest BCUT2D eigenvalue weighted by Gasteiger charge is -2.25. The van der Waals surface area contributed by atoms with Crippen LogP contribution in [0.3, 0.4) is 0 Å². The Labute approximate surface area is 162 Å². The van der Waals surface area contributed by atoms with Gasteiger partial charge in [0, 0.05) is 36.0 Å². The van der Waals surface area contributed by atoms with Gasteiger partial charge in [0.1, 0.15) is 4.70 Å². The van der Waals surface area contributed by atoms with Crippen LogP contribution in [0.25, 0.3) is 20.7 Å². The first-order valence-corrected chi connectivity index (χ1v) is 9.37. The molecule has 0 spiro atoms. The van der Waals surface area contributed by atoms with Crippen LogP contribution in [0.2, 0.25) is 5.02 Å². The van der Waals surface area contributed by atoms with Gasteiger partial charge < -0.3 is 10.1 Å². The average molecular weight is 396 g/mol. The Morgan fingerprint density at radius 3 is 2.52 bits per heavy atom. The molecule has 1 saturated heterocycles. The molecule has 0 atom stereocenters. The highest BCUT2D eigenvalue weighted by molar-refractivity contribution is 7.22. The third kappa shape index (κ3) is 3.41. The molecule has 0 saturated carbocycles. The molecular weight excluding hydrogens is 377 g/mol. The summed E-state index contributed by atoms with van der Waals surface area (Å²) in [5.41, 5.74) is 1.78. The Hall–Kier alpha value is -1.56. The van der Waals surface area contributed by atoms with E-state index in [1.807, 2.05) is 30.3 Å². The minimum atomic E-state index is 0. The Bertz CT molecular complexity index is 889. The third-order valence-corrected chi connectivity index (χ3v) is 5.90.